The Hall–Kier alpha value is -2.24. The fraction of sp³-hybridized carbons (Fsp3) is 0.176. The lowest BCUT2D eigenvalue weighted by Crippen LogP contribution is -2.14. The average Bonchev–Trinajstić information content (AvgIpc) is 2.89. The average molecular weight is 312 g/mol. The SMILES string of the molecule is COCc1ccccc1C(=O)Nc1nc2ccc(C)cc2s1. The number of ether oxygens (including phenoxy) is 1. The predicted molar refractivity (Wildman–Crippen MR) is 89.5 cm³/mol. The Morgan fingerprint density at radius 2 is 2.09 bits per heavy atom. The molecule has 0 atom stereocenters. The highest BCUT2D eigenvalue weighted by Crippen LogP contribution is 2.27. The van der Waals surface area contributed by atoms with Crippen LogP contribution in [0, 0.1) is 6.92 Å². The molecule has 0 fully saturated rings. The molecule has 0 saturated carbocycles. The number of fused-ring (bicyclic) bond motifs is 1. The van der Waals surface area contributed by atoms with E-state index < -0.39 is 0 Å². The molecule has 0 aliphatic carbocycles. The van der Waals surface area contributed by atoms with Gasteiger partial charge in [0.05, 0.1) is 16.8 Å². The van der Waals surface area contributed by atoms with Gasteiger partial charge in [0.15, 0.2) is 5.13 Å². The van der Waals surface area contributed by atoms with Crippen LogP contribution >= 0.6 is 11.3 Å². The summed E-state index contributed by atoms with van der Waals surface area (Å²) in [5, 5.41) is 3.49. The maximum atomic E-state index is 12.5. The minimum Gasteiger partial charge on any atom is -0.380 e. The second-order valence-corrected chi connectivity index (χ2v) is 6.07. The smallest absolute Gasteiger partial charge is 0.257 e. The highest BCUT2D eigenvalue weighted by atomic mass is 32.1. The van der Waals surface area contributed by atoms with Crippen molar-refractivity contribution in [2.75, 3.05) is 12.4 Å². The summed E-state index contributed by atoms with van der Waals surface area (Å²) in [6.45, 7) is 2.45. The van der Waals surface area contributed by atoms with Crippen LogP contribution in [-0.2, 0) is 11.3 Å². The van der Waals surface area contributed by atoms with Gasteiger partial charge < -0.3 is 4.74 Å². The van der Waals surface area contributed by atoms with Crippen LogP contribution in [0.15, 0.2) is 42.5 Å². The zero-order valence-electron chi connectivity index (χ0n) is 12.4. The molecule has 1 aromatic heterocycles. The summed E-state index contributed by atoms with van der Waals surface area (Å²) in [6, 6.07) is 13.5. The van der Waals surface area contributed by atoms with E-state index in [1.807, 2.05) is 37.3 Å². The molecular weight excluding hydrogens is 296 g/mol. The van der Waals surface area contributed by atoms with Crippen LogP contribution in [-0.4, -0.2) is 18.0 Å². The lowest BCUT2D eigenvalue weighted by atomic mass is 10.1. The summed E-state index contributed by atoms with van der Waals surface area (Å²) in [5.74, 6) is -0.163. The Morgan fingerprint density at radius 1 is 1.27 bits per heavy atom. The second kappa shape index (κ2) is 6.25. The van der Waals surface area contributed by atoms with Gasteiger partial charge in [-0.2, -0.15) is 0 Å². The number of aromatic nitrogens is 1. The van der Waals surface area contributed by atoms with Crippen molar-refractivity contribution in [3.8, 4) is 0 Å². The number of rotatable bonds is 4. The van der Waals surface area contributed by atoms with Gasteiger partial charge in [-0.3, -0.25) is 10.1 Å². The molecule has 4 nitrogen and oxygen atoms in total. The summed E-state index contributed by atoms with van der Waals surface area (Å²) in [6.07, 6.45) is 0. The van der Waals surface area contributed by atoms with Gasteiger partial charge >= 0.3 is 0 Å². The predicted octanol–water partition coefficient (Wildman–Crippen LogP) is 4.00. The van der Waals surface area contributed by atoms with Crippen molar-refractivity contribution in [1.29, 1.82) is 0 Å². The standard InChI is InChI=1S/C17H16N2O2S/c1-11-7-8-14-15(9-11)22-17(18-14)19-16(20)13-6-4-3-5-12(13)10-21-2/h3-9H,10H2,1-2H3,(H,18,19,20). The fourth-order valence-corrected chi connectivity index (χ4v) is 3.23. The van der Waals surface area contributed by atoms with E-state index >= 15 is 0 Å². The summed E-state index contributed by atoms with van der Waals surface area (Å²) < 4.78 is 6.21. The maximum absolute atomic E-state index is 12.5. The van der Waals surface area contributed by atoms with E-state index in [1.165, 1.54) is 16.9 Å². The van der Waals surface area contributed by atoms with E-state index in [-0.39, 0.29) is 5.91 Å². The molecule has 1 heterocycles. The number of methoxy groups -OCH3 is 1. The van der Waals surface area contributed by atoms with E-state index in [0.717, 1.165) is 15.8 Å². The molecular formula is C17H16N2O2S. The highest BCUT2D eigenvalue weighted by Gasteiger charge is 2.13. The second-order valence-electron chi connectivity index (χ2n) is 5.03. The lowest BCUT2D eigenvalue weighted by molar-refractivity contribution is 0.102. The fourth-order valence-electron chi connectivity index (χ4n) is 2.27. The van der Waals surface area contributed by atoms with Crippen LogP contribution in [0.1, 0.15) is 21.5 Å². The van der Waals surface area contributed by atoms with Crippen LogP contribution in [0.5, 0.6) is 0 Å². The summed E-state index contributed by atoms with van der Waals surface area (Å²) in [7, 11) is 1.62. The topological polar surface area (TPSA) is 51.2 Å². The quantitative estimate of drug-likeness (QED) is 0.792. The molecule has 0 bridgehead atoms. The first-order valence-electron chi connectivity index (χ1n) is 6.93. The third kappa shape index (κ3) is 3.00. The third-order valence-corrected chi connectivity index (χ3v) is 4.26. The number of carbonyl (C=O) groups excluding carboxylic acids is 1. The van der Waals surface area contributed by atoms with Gasteiger partial charge in [0.25, 0.3) is 5.91 Å². The van der Waals surface area contributed by atoms with Crippen molar-refractivity contribution in [2.24, 2.45) is 0 Å². The summed E-state index contributed by atoms with van der Waals surface area (Å²) >= 11 is 1.48. The lowest BCUT2D eigenvalue weighted by Gasteiger charge is -2.07. The van der Waals surface area contributed by atoms with E-state index in [4.69, 9.17) is 4.74 Å². The van der Waals surface area contributed by atoms with Crippen LogP contribution in [0.4, 0.5) is 5.13 Å². The molecule has 0 unspecified atom stereocenters. The Kier molecular flexibility index (Phi) is 4.18. The number of carbonyl (C=O) groups is 1. The molecule has 22 heavy (non-hydrogen) atoms. The molecule has 1 N–H and O–H groups in total. The van der Waals surface area contributed by atoms with Crippen LogP contribution in [0.3, 0.4) is 0 Å². The molecule has 5 heteroatoms. The molecule has 0 radical (unpaired) electrons. The molecule has 3 rings (SSSR count). The Labute approximate surface area is 132 Å². The van der Waals surface area contributed by atoms with Gasteiger partial charge in [-0.15, -0.1) is 0 Å². The number of thiazole rings is 1. The first-order valence-corrected chi connectivity index (χ1v) is 7.74. The Balaban J connectivity index is 1.86. The van der Waals surface area contributed by atoms with E-state index in [0.29, 0.717) is 17.3 Å². The first kappa shape index (κ1) is 14.7. The number of nitrogens with zero attached hydrogens (tertiary/aromatic N) is 1. The zero-order chi connectivity index (χ0) is 15.5. The maximum Gasteiger partial charge on any atom is 0.257 e. The van der Waals surface area contributed by atoms with Crippen molar-refractivity contribution in [3.05, 3.63) is 59.2 Å². The molecule has 2 aromatic carbocycles. The van der Waals surface area contributed by atoms with Crippen molar-refractivity contribution in [2.45, 2.75) is 13.5 Å². The van der Waals surface area contributed by atoms with Crippen LogP contribution in [0.25, 0.3) is 10.2 Å². The van der Waals surface area contributed by atoms with Gasteiger partial charge in [-0.25, -0.2) is 4.98 Å². The molecule has 112 valence electrons. The van der Waals surface area contributed by atoms with Gasteiger partial charge in [-0.1, -0.05) is 35.6 Å². The first-order chi connectivity index (χ1) is 10.7. The molecule has 0 saturated heterocycles. The number of hydrogen-bond donors (Lipinski definition) is 1. The number of nitrogens with one attached hydrogen (secondary N) is 1. The minimum absolute atomic E-state index is 0.163. The van der Waals surface area contributed by atoms with Crippen LogP contribution < -0.4 is 5.32 Å². The third-order valence-electron chi connectivity index (χ3n) is 3.33. The normalized spacial score (nSPS) is 10.8. The van der Waals surface area contributed by atoms with Gasteiger partial charge in [0, 0.05) is 12.7 Å². The van der Waals surface area contributed by atoms with Crippen molar-refractivity contribution >= 4 is 32.6 Å². The largest absolute Gasteiger partial charge is 0.380 e. The highest BCUT2D eigenvalue weighted by molar-refractivity contribution is 7.22. The minimum atomic E-state index is -0.163. The zero-order valence-corrected chi connectivity index (χ0v) is 13.2. The number of hydrogen-bond acceptors (Lipinski definition) is 4. The van der Waals surface area contributed by atoms with Gasteiger partial charge in [0.2, 0.25) is 0 Å². The van der Waals surface area contributed by atoms with Gasteiger partial charge in [-0.05, 0) is 36.2 Å². The van der Waals surface area contributed by atoms with Gasteiger partial charge in [0.1, 0.15) is 0 Å². The van der Waals surface area contributed by atoms with E-state index in [2.05, 4.69) is 16.4 Å². The Bertz CT molecular complexity index is 826. The molecule has 0 aliphatic heterocycles. The van der Waals surface area contributed by atoms with Crippen molar-refractivity contribution in [1.82, 2.24) is 4.98 Å². The number of amides is 1. The Morgan fingerprint density at radius 3 is 2.91 bits per heavy atom. The van der Waals surface area contributed by atoms with Crippen molar-refractivity contribution < 1.29 is 9.53 Å². The monoisotopic (exact) mass is 312 g/mol. The van der Waals surface area contributed by atoms with E-state index in [9.17, 15) is 4.79 Å². The number of aryl methyl sites for hydroxylation is 1. The molecule has 0 spiro atoms. The number of anilines is 1. The number of benzene rings is 2. The van der Waals surface area contributed by atoms with E-state index in [1.54, 1.807) is 13.2 Å². The summed E-state index contributed by atoms with van der Waals surface area (Å²) in [5.41, 5.74) is 3.55. The molecule has 0 aliphatic rings. The van der Waals surface area contributed by atoms with Crippen molar-refractivity contribution in [3.63, 3.8) is 0 Å². The van der Waals surface area contributed by atoms with Crippen LogP contribution in [0.2, 0.25) is 0 Å². The molecule has 1 amide bonds. The molecule has 3 aromatic rings. The summed E-state index contributed by atoms with van der Waals surface area (Å²) in [4.78, 5) is 16.9.